The molecule has 0 aliphatic carbocycles. The van der Waals surface area contributed by atoms with Crippen LogP contribution < -0.4 is 4.90 Å². The Morgan fingerprint density at radius 1 is 1.19 bits per heavy atom. The highest BCUT2D eigenvalue weighted by atomic mass is 32.2. The summed E-state index contributed by atoms with van der Waals surface area (Å²) in [6.07, 6.45) is 3.13. The highest BCUT2D eigenvalue weighted by molar-refractivity contribution is 7.99. The second-order valence-corrected chi connectivity index (χ2v) is 8.18. The van der Waals surface area contributed by atoms with Crippen LogP contribution in [0.15, 0.2) is 59.6 Å². The number of aromatic nitrogens is 2. The van der Waals surface area contributed by atoms with Gasteiger partial charge in [0.25, 0.3) is 0 Å². The van der Waals surface area contributed by atoms with E-state index in [1.54, 1.807) is 6.07 Å². The monoisotopic (exact) mass is 381 g/mol. The third-order valence-corrected chi connectivity index (χ3v) is 6.48. The fraction of sp³-hybridized carbons (Fsp3) is 0.318. The molecule has 0 bridgehead atoms. The lowest BCUT2D eigenvalue weighted by atomic mass is 10.1. The summed E-state index contributed by atoms with van der Waals surface area (Å²) in [4.78, 5) is 3.69. The lowest BCUT2D eigenvalue weighted by Crippen LogP contribution is -2.24. The van der Waals surface area contributed by atoms with Crippen molar-refractivity contribution in [2.45, 2.75) is 43.5 Å². The van der Waals surface area contributed by atoms with Crippen molar-refractivity contribution in [2.75, 3.05) is 11.4 Å². The van der Waals surface area contributed by atoms with E-state index in [1.165, 1.54) is 22.2 Å². The van der Waals surface area contributed by atoms with Crippen molar-refractivity contribution in [3.63, 3.8) is 0 Å². The standard InChI is InChI=1S/C22H24FN3S/c1-3-26-15-18(16(2)24-26)14-25-12-11-21(17-7-6-8-19(23)13-17)27-22-10-5-4-9-20(22)25/h4-10,13,15,21H,3,11-12,14H2,1-2H3. The topological polar surface area (TPSA) is 21.1 Å². The van der Waals surface area contributed by atoms with Crippen LogP contribution in [0.2, 0.25) is 0 Å². The van der Waals surface area contributed by atoms with E-state index < -0.39 is 0 Å². The zero-order valence-electron chi connectivity index (χ0n) is 15.7. The van der Waals surface area contributed by atoms with Gasteiger partial charge in [-0.15, -0.1) is 11.8 Å². The molecule has 3 nitrogen and oxygen atoms in total. The number of anilines is 1. The van der Waals surface area contributed by atoms with Crippen molar-refractivity contribution in [3.8, 4) is 0 Å². The minimum Gasteiger partial charge on any atom is -0.366 e. The third-order valence-electron chi connectivity index (χ3n) is 5.09. The maximum atomic E-state index is 13.7. The van der Waals surface area contributed by atoms with Crippen molar-refractivity contribution in [1.82, 2.24) is 9.78 Å². The van der Waals surface area contributed by atoms with E-state index >= 15 is 0 Å². The van der Waals surface area contributed by atoms with Gasteiger partial charge in [0, 0.05) is 41.5 Å². The molecule has 1 atom stereocenters. The van der Waals surface area contributed by atoms with Gasteiger partial charge in [-0.05, 0) is 50.1 Å². The molecule has 0 radical (unpaired) electrons. The zero-order valence-corrected chi connectivity index (χ0v) is 16.5. The van der Waals surface area contributed by atoms with Crippen molar-refractivity contribution < 1.29 is 4.39 Å². The molecule has 0 saturated heterocycles. The molecule has 1 aromatic heterocycles. The van der Waals surface area contributed by atoms with Gasteiger partial charge in [0.1, 0.15) is 5.82 Å². The average molecular weight is 382 g/mol. The number of nitrogens with zero attached hydrogens (tertiary/aromatic N) is 3. The Hall–Kier alpha value is -2.27. The lowest BCUT2D eigenvalue weighted by molar-refractivity contribution is 0.623. The van der Waals surface area contributed by atoms with Crippen LogP contribution in [-0.2, 0) is 13.1 Å². The van der Waals surface area contributed by atoms with Crippen molar-refractivity contribution in [1.29, 1.82) is 0 Å². The molecule has 2 heterocycles. The number of halogens is 1. The maximum Gasteiger partial charge on any atom is 0.123 e. The first kappa shape index (κ1) is 18.1. The first-order chi connectivity index (χ1) is 13.1. The molecular formula is C22H24FN3S. The van der Waals surface area contributed by atoms with E-state index in [1.807, 2.05) is 28.6 Å². The van der Waals surface area contributed by atoms with Crippen LogP contribution in [0.3, 0.4) is 0 Å². The highest BCUT2D eigenvalue weighted by Crippen LogP contribution is 2.45. The molecule has 0 spiro atoms. The van der Waals surface area contributed by atoms with Crippen molar-refractivity contribution in [3.05, 3.63) is 77.4 Å². The third kappa shape index (κ3) is 3.88. The molecule has 2 aromatic carbocycles. The fourth-order valence-electron chi connectivity index (χ4n) is 3.61. The summed E-state index contributed by atoms with van der Waals surface area (Å²) in [5, 5.41) is 4.85. The molecule has 1 aliphatic heterocycles. The van der Waals surface area contributed by atoms with Gasteiger partial charge in [0.05, 0.1) is 11.4 Å². The Kier molecular flexibility index (Phi) is 5.21. The second kappa shape index (κ2) is 7.77. The van der Waals surface area contributed by atoms with Gasteiger partial charge < -0.3 is 4.90 Å². The number of thioether (sulfide) groups is 1. The number of benzene rings is 2. The van der Waals surface area contributed by atoms with Gasteiger partial charge in [-0.2, -0.15) is 5.10 Å². The van der Waals surface area contributed by atoms with Crippen molar-refractivity contribution >= 4 is 17.4 Å². The predicted molar refractivity (Wildman–Crippen MR) is 110 cm³/mol. The normalized spacial score (nSPS) is 16.9. The Balaban J connectivity index is 1.63. The quantitative estimate of drug-likeness (QED) is 0.587. The summed E-state index contributed by atoms with van der Waals surface area (Å²) in [6, 6.07) is 15.6. The van der Waals surface area contributed by atoms with Crippen LogP contribution in [0.5, 0.6) is 0 Å². The molecule has 0 fully saturated rings. The molecule has 0 N–H and O–H groups in total. The zero-order chi connectivity index (χ0) is 18.8. The predicted octanol–water partition coefficient (Wildman–Crippen LogP) is 5.59. The smallest absolute Gasteiger partial charge is 0.123 e. The molecular weight excluding hydrogens is 357 g/mol. The SMILES string of the molecule is CCn1cc(CN2CCC(c3cccc(F)c3)Sc3ccccc32)c(C)n1. The molecule has 0 amide bonds. The summed E-state index contributed by atoms with van der Waals surface area (Å²) in [5.41, 5.74) is 4.67. The number of para-hydroxylation sites is 1. The summed E-state index contributed by atoms with van der Waals surface area (Å²) in [5.74, 6) is -0.162. The first-order valence-electron chi connectivity index (χ1n) is 9.43. The van der Waals surface area contributed by atoms with E-state index in [9.17, 15) is 4.39 Å². The van der Waals surface area contributed by atoms with Crippen LogP contribution in [0.25, 0.3) is 0 Å². The van der Waals surface area contributed by atoms with E-state index in [-0.39, 0.29) is 11.1 Å². The summed E-state index contributed by atoms with van der Waals surface area (Å²) >= 11 is 1.84. The largest absolute Gasteiger partial charge is 0.366 e. The van der Waals surface area contributed by atoms with E-state index in [0.717, 1.165) is 37.3 Å². The molecule has 1 unspecified atom stereocenters. The van der Waals surface area contributed by atoms with Gasteiger partial charge in [-0.25, -0.2) is 4.39 Å². The molecule has 5 heteroatoms. The number of aryl methyl sites for hydroxylation is 2. The fourth-order valence-corrected chi connectivity index (χ4v) is 4.90. The molecule has 1 aliphatic rings. The minimum absolute atomic E-state index is 0.162. The van der Waals surface area contributed by atoms with Gasteiger partial charge in [-0.1, -0.05) is 24.3 Å². The van der Waals surface area contributed by atoms with Gasteiger partial charge in [-0.3, -0.25) is 4.68 Å². The first-order valence-corrected chi connectivity index (χ1v) is 10.3. The van der Waals surface area contributed by atoms with Crippen LogP contribution in [-0.4, -0.2) is 16.3 Å². The maximum absolute atomic E-state index is 13.7. The van der Waals surface area contributed by atoms with Crippen LogP contribution in [0.4, 0.5) is 10.1 Å². The summed E-state index contributed by atoms with van der Waals surface area (Å²) in [6.45, 7) is 6.85. The van der Waals surface area contributed by atoms with E-state index in [2.05, 4.69) is 54.3 Å². The number of hydrogen-bond acceptors (Lipinski definition) is 3. The number of rotatable bonds is 4. The van der Waals surface area contributed by atoms with Crippen molar-refractivity contribution in [2.24, 2.45) is 0 Å². The van der Waals surface area contributed by atoms with Crippen LogP contribution in [0.1, 0.15) is 35.4 Å². The summed E-state index contributed by atoms with van der Waals surface area (Å²) in [7, 11) is 0. The van der Waals surface area contributed by atoms with Crippen LogP contribution in [0, 0.1) is 12.7 Å². The van der Waals surface area contributed by atoms with Crippen LogP contribution >= 0.6 is 11.8 Å². The van der Waals surface area contributed by atoms with Gasteiger partial charge in [0.15, 0.2) is 0 Å². The average Bonchev–Trinajstić information content (AvgIpc) is 2.93. The minimum atomic E-state index is -0.162. The van der Waals surface area contributed by atoms with E-state index in [0.29, 0.717) is 0 Å². The Bertz CT molecular complexity index is 937. The highest BCUT2D eigenvalue weighted by Gasteiger charge is 2.24. The Morgan fingerprint density at radius 2 is 2.04 bits per heavy atom. The Labute approximate surface area is 164 Å². The molecule has 3 aromatic rings. The van der Waals surface area contributed by atoms with Gasteiger partial charge >= 0.3 is 0 Å². The lowest BCUT2D eigenvalue weighted by Gasteiger charge is -2.24. The molecule has 27 heavy (non-hydrogen) atoms. The summed E-state index contributed by atoms with van der Waals surface area (Å²) < 4.78 is 15.7. The molecule has 0 saturated carbocycles. The number of fused-ring (bicyclic) bond motifs is 1. The second-order valence-electron chi connectivity index (χ2n) is 6.93. The van der Waals surface area contributed by atoms with Gasteiger partial charge in [0.2, 0.25) is 0 Å². The van der Waals surface area contributed by atoms with E-state index in [4.69, 9.17) is 0 Å². The molecule has 140 valence electrons. The Morgan fingerprint density at radius 3 is 2.81 bits per heavy atom. The molecule has 4 rings (SSSR count). The number of hydrogen-bond donors (Lipinski definition) is 0.